The van der Waals surface area contributed by atoms with Gasteiger partial charge in [0, 0.05) is 22.6 Å². The molecule has 10 heteroatoms. The third-order valence-corrected chi connectivity index (χ3v) is 9.61. The first-order valence-corrected chi connectivity index (χ1v) is 16.0. The summed E-state index contributed by atoms with van der Waals surface area (Å²) in [6, 6.07) is 19.1. The van der Waals surface area contributed by atoms with Gasteiger partial charge in [-0.1, -0.05) is 78.9 Å². The van der Waals surface area contributed by atoms with Gasteiger partial charge in [0.1, 0.15) is 12.6 Å². The lowest BCUT2D eigenvalue weighted by Crippen LogP contribution is -2.53. The lowest BCUT2D eigenvalue weighted by molar-refractivity contribution is -0.140. The molecule has 1 atom stereocenters. The number of nitrogens with one attached hydrogen (secondary N) is 1. The average Bonchev–Trinajstić information content (AvgIpc) is 3.45. The molecule has 3 aromatic carbocycles. The normalized spacial score (nSPS) is 14.4. The highest BCUT2D eigenvalue weighted by Crippen LogP contribution is 2.28. The summed E-state index contributed by atoms with van der Waals surface area (Å²) in [5.74, 6) is -0.730. The van der Waals surface area contributed by atoms with Gasteiger partial charge in [-0.2, -0.15) is 0 Å². The van der Waals surface area contributed by atoms with Gasteiger partial charge in [0.05, 0.1) is 10.6 Å². The molecule has 0 unspecified atom stereocenters. The summed E-state index contributed by atoms with van der Waals surface area (Å²) in [5, 5.41) is 3.83. The van der Waals surface area contributed by atoms with Gasteiger partial charge in [-0.15, -0.1) is 0 Å². The van der Waals surface area contributed by atoms with Crippen molar-refractivity contribution in [1.82, 2.24) is 10.2 Å². The first-order chi connectivity index (χ1) is 19.6. The van der Waals surface area contributed by atoms with Crippen molar-refractivity contribution >= 4 is 50.7 Å². The fourth-order valence-electron chi connectivity index (χ4n) is 5.07. The Bertz CT molecular complexity index is 1460. The molecule has 0 heterocycles. The topological polar surface area (TPSA) is 86.8 Å². The van der Waals surface area contributed by atoms with Crippen LogP contribution >= 0.6 is 23.2 Å². The highest BCUT2D eigenvalue weighted by Gasteiger charge is 2.34. The molecule has 1 fully saturated rings. The molecular formula is C31H35Cl2N3O4S. The number of carbonyl (C=O) groups excluding carboxylic acids is 2. The first kappa shape index (κ1) is 30.9. The minimum Gasteiger partial charge on any atom is -0.352 e. The molecule has 218 valence electrons. The van der Waals surface area contributed by atoms with Crippen molar-refractivity contribution in [2.45, 2.75) is 69.5 Å². The number of amides is 2. The van der Waals surface area contributed by atoms with Crippen molar-refractivity contribution in [1.29, 1.82) is 0 Å². The van der Waals surface area contributed by atoms with Gasteiger partial charge in [0.25, 0.3) is 10.0 Å². The van der Waals surface area contributed by atoms with E-state index in [9.17, 15) is 18.0 Å². The van der Waals surface area contributed by atoms with E-state index in [0.717, 1.165) is 41.1 Å². The largest absolute Gasteiger partial charge is 0.352 e. The molecule has 4 rings (SSSR count). The number of hydrogen-bond acceptors (Lipinski definition) is 4. The van der Waals surface area contributed by atoms with Crippen LogP contribution in [0.5, 0.6) is 0 Å². The van der Waals surface area contributed by atoms with E-state index in [0.29, 0.717) is 16.5 Å². The van der Waals surface area contributed by atoms with Gasteiger partial charge in [-0.05, 0) is 74.2 Å². The molecule has 0 spiro atoms. The smallest absolute Gasteiger partial charge is 0.264 e. The van der Waals surface area contributed by atoms with Crippen LogP contribution in [0, 0.1) is 6.92 Å². The van der Waals surface area contributed by atoms with Gasteiger partial charge < -0.3 is 10.2 Å². The molecule has 0 aromatic heterocycles. The van der Waals surface area contributed by atoms with Crippen LogP contribution in [0.2, 0.25) is 10.0 Å². The van der Waals surface area contributed by atoms with Gasteiger partial charge in [-0.25, -0.2) is 8.42 Å². The maximum atomic E-state index is 14.1. The van der Waals surface area contributed by atoms with E-state index >= 15 is 0 Å². The molecule has 0 radical (unpaired) electrons. The lowest BCUT2D eigenvalue weighted by atomic mass is 10.1. The molecule has 3 aromatic rings. The van der Waals surface area contributed by atoms with Crippen molar-refractivity contribution < 1.29 is 18.0 Å². The Hall–Kier alpha value is -3.07. The van der Waals surface area contributed by atoms with Gasteiger partial charge in [0.15, 0.2) is 0 Å². The number of carbonyl (C=O) groups is 2. The van der Waals surface area contributed by atoms with E-state index in [-0.39, 0.29) is 29.1 Å². The number of nitrogens with zero attached hydrogens (tertiary/aromatic N) is 2. The number of aryl methyl sites for hydroxylation is 1. The van der Waals surface area contributed by atoms with Crippen molar-refractivity contribution in [2.75, 3.05) is 10.8 Å². The number of benzene rings is 3. The van der Waals surface area contributed by atoms with E-state index in [1.807, 2.05) is 38.1 Å². The monoisotopic (exact) mass is 615 g/mol. The van der Waals surface area contributed by atoms with Crippen LogP contribution in [0.4, 0.5) is 5.69 Å². The summed E-state index contributed by atoms with van der Waals surface area (Å²) >= 11 is 12.2. The van der Waals surface area contributed by atoms with Crippen LogP contribution in [0.3, 0.4) is 0 Å². The van der Waals surface area contributed by atoms with Crippen LogP contribution in [-0.2, 0) is 26.2 Å². The predicted molar refractivity (Wildman–Crippen MR) is 164 cm³/mol. The lowest BCUT2D eigenvalue weighted by Gasteiger charge is -2.33. The Balaban J connectivity index is 1.71. The van der Waals surface area contributed by atoms with Crippen LogP contribution in [-0.4, -0.2) is 43.8 Å². The predicted octanol–water partition coefficient (Wildman–Crippen LogP) is 6.36. The fourth-order valence-corrected chi connectivity index (χ4v) is 6.79. The van der Waals surface area contributed by atoms with Gasteiger partial charge >= 0.3 is 0 Å². The van der Waals surface area contributed by atoms with E-state index in [2.05, 4.69) is 5.32 Å². The Morgan fingerprint density at radius 2 is 1.61 bits per heavy atom. The highest BCUT2D eigenvalue weighted by molar-refractivity contribution is 7.92. The number of halogens is 2. The first-order valence-electron chi connectivity index (χ1n) is 13.8. The van der Waals surface area contributed by atoms with Crippen molar-refractivity contribution in [2.24, 2.45) is 0 Å². The summed E-state index contributed by atoms with van der Waals surface area (Å²) in [7, 11) is -4.20. The second kappa shape index (κ2) is 13.7. The zero-order chi connectivity index (χ0) is 29.6. The van der Waals surface area contributed by atoms with E-state index < -0.39 is 28.5 Å². The summed E-state index contributed by atoms with van der Waals surface area (Å²) in [6.45, 7) is 3.46. The Morgan fingerprint density at radius 3 is 2.22 bits per heavy atom. The minimum atomic E-state index is -4.20. The summed E-state index contributed by atoms with van der Waals surface area (Å²) in [6.07, 6.45) is 4.32. The fraction of sp³-hybridized carbons (Fsp3) is 0.355. The molecule has 1 aliphatic carbocycles. The zero-order valence-electron chi connectivity index (χ0n) is 23.2. The quantitative estimate of drug-likeness (QED) is 0.272. The third kappa shape index (κ3) is 7.82. The molecule has 0 aliphatic heterocycles. The van der Waals surface area contributed by atoms with Crippen LogP contribution < -0.4 is 9.62 Å². The number of sulfonamides is 1. The highest BCUT2D eigenvalue weighted by atomic mass is 35.5. The summed E-state index contributed by atoms with van der Waals surface area (Å²) in [4.78, 5) is 29.1. The molecule has 1 aliphatic rings. The van der Waals surface area contributed by atoms with E-state index in [1.165, 1.54) is 35.2 Å². The zero-order valence-corrected chi connectivity index (χ0v) is 25.6. The Morgan fingerprint density at radius 1 is 0.951 bits per heavy atom. The molecule has 41 heavy (non-hydrogen) atoms. The van der Waals surface area contributed by atoms with Crippen LogP contribution in [0.1, 0.15) is 50.2 Å². The van der Waals surface area contributed by atoms with Crippen molar-refractivity contribution in [3.05, 3.63) is 94.0 Å². The Kier molecular flexibility index (Phi) is 10.3. The molecule has 2 amide bonds. The maximum absolute atomic E-state index is 14.1. The SMILES string of the molecule is CC[C@@H](C(=O)NC1CCCC1)N(Cc1ccc(C)cc1)C(=O)CN(c1cccc(Cl)c1)S(=O)(=O)c1ccc(Cl)cc1. The van der Waals surface area contributed by atoms with Crippen molar-refractivity contribution in [3.8, 4) is 0 Å². The van der Waals surface area contributed by atoms with E-state index in [4.69, 9.17) is 23.2 Å². The number of anilines is 1. The molecule has 7 nitrogen and oxygen atoms in total. The summed E-state index contributed by atoms with van der Waals surface area (Å²) < 4.78 is 28.8. The second-order valence-corrected chi connectivity index (χ2v) is 13.1. The van der Waals surface area contributed by atoms with Crippen LogP contribution in [0.25, 0.3) is 0 Å². The molecule has 1 N–H and O–H groups in total. The number of rotatable bonds is 11. The third-order valence-electron chi connectivity index (χ3n) is 7.34. The molecule has 0 bridgehead atoms. The molecule has 1 saturated carbocycles. The van der Waals surface area contributed by atoms with Crippen LogP contribution in [0.15, 0.2) is 77.7 Å². The van der Waals surface area contributed by atoms with Crippen molar-refractivity contribution in [3.63, 3.8) is 0 Å². The summed E-state index contributed by atoms with van der Waals surface area (Å²) in [5.41, 5.74) is 2.14. The van der Waals surface area contributed by atoms with Gasteiger partial charge in [0.2, 0.25) is 11.8 Å². The standard InChI is InChI=1S/C31H35Cl2N3O4S/c1-3-29(31(38)34-26-8-4-5-9-26)35(20-23-13-11-22(2)12-14-23)30(37)21-36(27-10-6-7-25(33)19-27)41(39,40)28-17-15-24(32)16-18-28/h6-7,10-19,26,29H,3-5,8-9,20-21H2,1-2H3,(H,34,38)/t29-/m0/s1. The minimum absolute atomic E-state index is 0.0224. The molecule has 0 saturated heterocycles. The average molecular weight is 617 g/mol. The van der Waals surface area contributed by atoms with E-state index in [1.54, 1.807) is 18.2 Å². The van der Waals surface area contributed by atoms with Gasteiger partial charge in [-0.3, -0.25) is 13.9 Å². The number of hydrogen-bond donors (Lipinski definition) is 1. The molecular weight excluding hydrogens is 581 g/mol. The second-order valence-electron chi connectivity index (χ2n) is 10.4. The maximum Gasteiger partial charge on any atom is 0.264 e. The Labute approximate surface area is 252 Å².